The van der Waals surface area contributed by atoms with Crippen LogP contribution in [0.3, 0.4) is 0 Å². The Morgan fingerprint density at radius 2 is 2.00 bits per heavy atom. The molecule has 1 N–H and O–H groups in total. The van der Waals surface area contributed by atoms with Crippen molar-refractivity contribution < 1.29 is 5.11 Å². The Morgan fingerprint density at radius 3 is 2.56 bits per heavy atom. The first-order chi connectivity index (χ1) is 8.13. The highest BCUT2D eigenvalue weighted by Crippen LogP contribution is 2.59. The minimum Gasteiger partial charge on any atom is -0.389 e. The predicted octanol–water partition coefficient (Wildman–Crippen LogP) is 4.65. The molecule has 0 aliphatic heterocycles. The summed E-state index contributed by atoms with van der Waals surface area (Å²) in [6.07, 6.45) is 6.14. The van der Waals surface area contributed by atoms with Crippen molar-refractivity contribution >= 4 is 27.5 Å². The highest BCUT2D eigenvalue weighted by atomic mass is 79.9. The Morgan fingerprint density at radius 1 is 1.39 bits per heavy atom. The first-order valence-corrected chi connectivity index (χ1v) is 8.15. The molecule has 0 aromatic carbocycles. The van der Waals surface area contributed by atoms with Crippen molar-refractivity contribution in [2.24, 2.45) is 11.3 Å². The van der Waals surface area contributed by atoms with E-state index in [4.69, 9.17) is 11.6 Å². The molecule has 5 atom stereocenters. The lowest BCUT2D eigenvalue weighted by molar-refractivity contribution is -0.113. The van der Waals surface area contributed by atoms with Gasteiger partial charge >= 0.3 is 0 Å². The predicted molar refractivity (Wildman–Crippen MR) is 81.4 cm³/mol. The number of alkyl halides is 2. The molecule has 0 amide bonds. The van der Waals surface area contributed by atoms with Crippen LogP contribution in [0.15, 0.2) is 11.6 Å². The van der Waals surface area contributed by atoms with Crippen molar-refractivity contribution in [2.75, 3.05) is 0 Å². The lowest BCUT2D eigenvalue weighted by Gasteiger charge is -2.57. The molecule has 2 aliphatic carbocycles. The van der Waals surface area contributed by atoms with E-state index in [1.165, 1.54) is 5.57 Å². The van der Waals surface area contributed by atoms with Crippen LogP contribution < -0.4 is 0 Å². The summed E-state index contributed by atoms with van der Waals surface area (Å²) in [5.74, 6) is 0.306. The van der Waals surface area contributed by atoms with Gasteiger partial charge < -0.3 is 5.11 Å². The normalized spacial score (nSPS) is 53.4. The topological polar surface area (TPSA) is 20.2 Å². The molecule has 0 bridgehead atoms. The lowest BCUT2D eigenvalue weighted by Crippen LogP contribution is -2.58. The maximum atomic E-state index is 11.1. The fourth-order valence-corrected chi connectivity index (χ4v) is 4.66. The summed E-state index contributed by atoms with van der Waals surface area (Å²) in [6, 6.07) is 0. The highest BCUT2D eigenvalue weighted by Gasteiger charge is 2.57. The van der Waals surface area contributed by atoms with Crippen molar-refractivity contribution in [1.29, 1.82) is 0 Å². The second kappa shape index (κ2) is 4.49. The zero-order chi connectivity index (χ0) is 13.8. The first kappa shape index (κ1) is 14.9. The molecule has 1 fully saturated rings. The third-order valence-electron chi connectivity index (χ3n) is 5.68. The van der Waals surface area contributed by atoms with Gasteiger partial charge in [-0.25, -0.2) is 0 Å². The van der Waals surface area contributed by atoms with E-state index in [2.05, 4.69) is 42.8 Å². The van der Waals surface area contributed by atoms with E-state index in [0.29, 0.717) is 5.92 Å². The van der Waals surface area contributed by atoms with Crippen LogP contribution in [0, 0.1) is 11.3 Å². The fourth-order valence-electron chi connectivity index (χ4n) is 3.70. The second-order valence-corrected chi connectivity index (χ2v) is 8.67. The maximum Gasteiger partial charge on any atom is 0.0741 e. The van der Waals surface area contributed by atoms with Crippen molar-refractivity contribution in [2.45, 2.75) is 68.7 Å². The largest absolute Gasteiger partial charge is 0.389 e. The molecule has 104 valence electrons. The number of hydrogen-bond acceptors (Lipinski definition) is 1. The molecule has 1 spiro atoms. The summed E-state index contributed by atoms with van der Waals surface area (Å²) in [7, 11) is 0. The smallest absolute Gasteiger partial charge is 0.0741 e. The third kappa shape index (κ3) is 1.99. The molecule has 1 saturated carbocycles. The van der Waals surface area contributed by atoms with Crippen molar-refractivity contribution in [3.05, 3.63) is 11.6 Å². The SMILES string of the molecule is CC1=CCC(C)C(C)(O)C12CCC(C)(Cl)C(Br)C2. The number of allylic oxidation sites excluding steroid dienone is 1. The Bertz CT molecular complexity index is 375. The average molecular weight is 336 g/mol. The molecule has 0 aromatic rings. The number of hydrogen-bond donors (Lipinski definition) is 1. The molecule has 0 heterocycles. The van der Waals surface area contributed by atoms with Crippen LogP contribution in [-0.2, 0) is 0 Å². The second-order valence-electron chi connectivity index (χ2n) is 6.70. The van der Waals surface area contributed by atoms with E-state index in [9.17, 15) is 5.11 Å². The minimum absolute atomic E-state index is 0.104. The van der Waals surface area contributed by atoms with Crippen LogP contribution in [0.2, 0.25) is 0 Å². The Labute approximate surface area is 124 Å². The van der Waals surface area contributed by atoms with E-state index in [0.717, 1.165) is 25.7 Å². The van der Waals surface area contributed by atoms with Gasteiger partial charge in [0.05, 0.1) is 10.5 Å². The molecule has 3 heteroatoms. The highest BCUT2D eigenvalue weighted by molar-refractivity contribution is 9.09. The van der Waals surface area contributed by atoms with Gasteiger partial charge in [0, 0.05) is 10.2 Å². The molecule has 0 radical (unpaired) electrons. The lowest BCUT2D eigenvalue weighted by atomic mass is 9.53. The van der Waals surface area contributed by atoms with Gasteiger partial charge in [-0.1, -0.05) is 34.5 Å². The number of aliphatic hydroxyl groups is 1. The van der Waals surface area contributed by atoms with E-state index in [-0.39, 0.29) is 15.1 Å². The Balaban J connectivity index is 2.41. The number of rotatable bonds is 0. The standard InChI is InChI=1S/C15H24BrClO/c1-10-5-6-11(2)15(14(10,4)18)8-7-13(3,17)12(16)9-15/h6,10,12,18H,5,7-9H2,1-4H3. The molecular formula is C15H24BrClO. The van der Waals surface area contributed by atoms with Crippen LogP contribution in [0.4, 0.5) is 0 Å². The van der Waals surface area contributed by atoms with Gasteiger partial charge in [-0.15, -0.1) is 11.6 Å². The molecule has 2 aliphatic rings. The molecule has 0 saturated heterocycles. The van der Waals surface area contributed by atoms with Crippen LogP contribution in [0.25, 0.3) is 0 Å². The van der Waals surface area contributed by atoms with E-state index >= 15 is 0 Å². The van der Waals surface area contributed by atoms with Gasteiger partial charge in [-0.05, 0) is 52.4 Å². The molecule has 1 nitrogen and oxygen atoms in total. The van der Waals surface area contributed by atoms with Crippen LogP contribution in [0.5, 0.6) is 0 Å². The van der Waals surface area contributed by atoms with Crippen molar-refractivity contribution in [3.63, 3.8) is 0 Å². The summed E-state index contributed by atoms with van der Waals surface area (Å²) >= 11 is 10.3. The first-order valence-electron chi connectivity index (χ1n) is 6.86. The Hall–Kier alpha value is 0.470. The zero-order valence-electron chi connectivity index (χ0n) is 11.8. The number of halogens is 2. The maximum absolute atomic E-state index is 11.1. The molecule has 2 rings (SSSR count). The monoisotopic (exact) mass is 334 g/mol. The summed E-state index contributed by atoms with van der Waals surface area (Å²) < 4.78 is 0. The minimum atomic E-state index is -0.634. The van der Waals surface area contributed by atoms with Crippen molar-refractivity contribution in [3.8, 4) is 0 Å². The van der Waals surface area contributed by atoms with Gasteiger partial charge in [0.15, 0.2) is 0 Å². The van der Waals surface area contributed by atoms with Crippen LogP contribution >= 0.6 is 27.5 Å². The molecule has 18 heavy (non-hydrogen) atoms. The van der Waals surface area contributed by atoms with Crippen LogP contribution in [0.1, 0.15) is 53.4 Å². The van der Waals surface area contributed by atoms with Crippen molar-refractivity contribution in [1.82, 2.24) is 0 Å². The van der Waals surface area contributed by atoms with Gasteiger partial charge in [0.1, 0.15) is 0 Å². The molecule has 0 aromatic heterocycles. The van der Waals surface area contributed by atoms with Gasteiger partial charge in [-0.2, -0.15) is 0 Å². The van der Waals surface area contributed by atoms with Gasteiger partial charge in [0.25, 0.3) is 0 Å². The third-order valence-corrected chi connectivity index (χ3v) is 7.73. The van der Waals surface area contributed by atoms with Crippen LogP contribution in [-0.4, -0.2) is 20.4 Å². The summed E-state index contributed by atoms with van der Waals surface area (Å²) in [5, 5.41) is 11.1. The summed E-state index contributed by atoms with van der Waals surface area (Å²) in [5.41, 5.74) is 0.612. The average Bonchev–Trinajstić information content (AvgIpc) is 2.27. The molecule has 5 unspecified atom stereocenters. The van der Waals surface area contributed by atoms with E-state index in [1.807, 2.05) is 6.92 Å². The fraction of sp³-hybridized carbons (Fsp3) is 0.867. The Kier molecular flexibility index (Phi) is 3.71. The molecular weight excluding hydrogens is 312 g/mol. The van der Waals surface area contributed by atoms with E-state index < -0.39 is 5.60 Å². The van der Waals surface area contributed by atoms with E-state index in [1.54, 1.807) is 0 Å². The quantitative estimate of drug-likeness (QED) is 0.504. The van der Waals surface area contributed by atoms with Gasteiger partial charge in [-0.3, -0.25) is 0 Å². The van der Waals surface area contributed by atoms with Gasteiger partial charge in [0.2, 0.25) is 0 Å². The zero-order valence-corrected chi connectivity index (χ0v) is 14.1. The summed E-state index contributed by atoms with van der Waals surface area (Å²) in [6.45, 7) is 8.45. The summed E-state index contributed by atoms with van der Waals surface area (Å²) in [4.78, 5) is 0.0583.